The minimum absolute atomic E-state index is 0.0776. The van der Waals surface area contributed by atoms with Crippen molar-refractivity contribution < 1.29 is 5.11 Å². The van der Waals surface area contributed by atoms with Gasteiger partial charge in [0, 0.05) is 5.54 Å². The zero-order valence-electron chi connectivity index (χ0n) is 9.51. The molecule has 0 bridgehead atoms. The number of aliphatic hydroxyl groups is 1. The Bertz CT molecular complexity index is 130. The van der Waals surface area contributed by atoms with Crippen molar-refractivity contribution in [2.45, 2.75) is 65.0 Å². The van der Waals surface area contributed by atoms with E-state index in [1.807, 2.05) is 6.92 Å². The Labute approximate surface area is 82.5 Å². The summed E-state index contributed by atoms with van der Waals surface area (Å²) in [5.41, 5.74) is 6.21. The fraction of sp³-hybridized carbons (Fsp3) is 1.00. The molecular weight excluding hydrogens is 162 g/mol. The van der Waals surface area contributed by atoms with Crippen LogP contribution < -0.4 is 5.73 Å². The predicted molar refractivity (Wildman–Crippen MR) is 57.6 cm³/mol. The molecule has 0 aromatic heterocycles. The van der Waals surface area contributed by atoms with Crippen molar-refractivity contribution >= 4 is 0 Å². The van der Waals surface area contributed by atoms with Crippen molar-refractivity contribution in [1.29, 1.82) is 0 Å². The standard InChI is InChI=1S/C11H25NO/c1-5-10(8-9(4)13)11(12,6-2)7-3/h9-10,13H,5-8,12H2,1-4H3. The van der Waals surface area contributed by atoms with E-state index in [0.29, 0.717) is 5.92 Å². The molecule has 0 aliphatic heterocycles. The van der Waals surface area contributed by atoms with Gasteiger partial charge in [-0.1, -0.05) is 27.2 Å². The third-order valence-corrected chi connectivity index (χ3v) is 3.25. The molecule has 80 valence electrons. The third kappa shape index (κ3) is 3.65. The van der Waals surface area contributed by atoms with Gasteiger partial charge in [0.25, 0.3) is 0 Å². The molecule has 2 unspecified atom stereocenters. The third-order valence-electron chi connectivity index (χ3n) is 3.25. The molecular formula is C11H25NO. The summed E-state index contributed by atoms with van der Waals surface area (Å²) < 4.78 is 0. The van der Waals surface area contributed by atoms with E-state index in [4.69, 9.17) is 5.73 Å². The quantitative estimate of drug-likeness (QED) is 0.670. The maximum Gasteiger partial charge on any atom is 0.0515 e. The topological polar surface area (TPSA) is 46.2 Å². The molecule has 0 heterocycles. The van der Waals surface area contributed by atoms with Gasteiger partial charge in [0.15, 0.2) is 0 Å². The lowest BCUT2D eigenvalue weighted by molar-refractivity contribution is 0.120. The highest BCUT2D eigenvalue weighted by atomic mass is 16.3. The molecule has 0 amide bonds. The number of aliphatic hydroxyl groups excluding tert-OH is 1. The molecule has 3 N–H and O–H groups in total. The molecule has 0 radical (unpaired) electrons. The summed E-state index contributed by atoms with van der Waals surface area (Å²) in [7, 11) is 0. The molecule has 13 heavy (non-hydrogen) atoms. The SMILES string of the molecule is CCC(CC(C)O)C(N)(CC)CC. The average molecular weight is 187 g/mol. The van der Waals surface area contributed by atoms with Crippen LogP contribution in [-0.4, -0.2) is 16.7 Å². The second-order valence-corrected chi connectivity index (χ2v) is 4.13. The maximum atomic E-state index is 9.35. The smallest absolute Gasteiger partial charge is 0.0515 e. The summed E-state index contributed by atoms with van der Waals surface area (Å²) in [6.07, 6.45) is 3.65. The first-order valence-electron chi connectivity index (χ1n) is 5.47. The summed E-state index contributed by atoms with van der Waals surface area (Å²) in [5, 5.41) is 9.35. The van der Waals surface area contributed by atoms with Gasteiger partial charge in [0.2, 0.25) is 0 Å². The highest BCUT2D eigenvalue weighted by Gasteiger charge is 2.30. The van der Waals surface area contributed by atoms with E-state index in [1.54, 1.807) is 0 Å². The van der Waals surface area contributed by atoms with Crippen LogP contribution >= 0.6 is 0 Å². The van der Waals surface area contributed by atoms with Crippen LogP contribution in [0, 0.1) is 5.92 Å². The largest absolute Gasteiger partial charge is 0.393 e. The summed E-state index contributed by atoms with van der Waals surface area (Å²) in [5.74, 6) is 0.447. The van der Waals surface area contributed by atoms with E-state index in [0.717, 1.165) is 25.7 Å². The first-order chi connectivity index (χ1) is 6.00. The molecule has 0 aromatic rings. The molecule has 2 heteroatoms. The molecule has 0 saturated heterocycles. The Morgan fingerprint density at radius 1 is 1.23 bits per heavy atom. The summed E-state index contributed by atoms with van der Waals surface area (Å²) in [4.78, 5) is 0. The van der Waals surface area contributed by atoms with Crippen molar-refractivity contribution in [3.8, 4) is 0 Å². The van der Waals surface area contributed by atoms with Gasteiger partial charge in [0.1, 0.15) is 0 Å². The monoisotopic (exact) mass is 187 g/mol. The Hall–Kier alpha value is -0.0800. The maximum absolute atomic E-state index is 9.35. The van der Waals surface area contributed by atoms with E-state index < -0.39 is 0 Å². The van der Waals surface area contributed by atoms with Crippen molar-refractivity contribution in [2.75, 3.05) is 0 Å². The van der Waals surface area contributed by atoms with Crippen LogP contribution in [0.4, 0.5) is 0 Å². The van der Waals surface area contributed by atoms with E-state index in [9.17, 15) is 5.11 Å². The second-order valence-electron chi connectivity index (χ2n) is 4.13. The zero-order valence-corrected chi connectivity index (χ0v) is 9.51. The van der Waals surface area contributed by atoms with Crippen molar-refractivity contribution in [3.63, 3.8) is 0 Å². The highest BCUT2D eigenvalue weighted by molar-refractivity contribution is 4.88. The fourth-order valence-electron chi connectivity index (χ4n) is 2.05. The summed E-state index contributed by atoms with van der Waals surface area (Å²) in [6, 6.07) is 0. The lowest BCUT2D eigenvalue weighted by Crippen LogP contribution is -2.46. The Kier molecular flexibility index (Phi) is 5.57. The average Bonchev–Trinajstić information content (AvgIpc) is 2.12. The molecule has 0 spiro atoms. The van der Waals surface area contributed by atoms with Crippen molar-refractivity contribution in [2.24, 2.45) is 11.7 Å². The minimum atomic E-state index is -0.231. The van der Waals surface area contributed by atoms with Gasteiger partial charge in [0.05, 0.1) is 6.10 Å². The van der Waals surface area contributed by atoms with Crippen LogP contribution in [0.5, 0.6) is 0 Å². The van der Waals surface area contributed by atoms with E-state index in [-0.39, 0.29) is 11.6 Å². The van der Waals surface area contributed by atoms with Crippen LogP contribution in [0.1, 0.15) is 53.4 Å². The van der Waals surface area contributed by atoms with E-state index >= 15 is 0 Å². The Balaban J connectivity index is 4.34. The van der Waals surface area contributed by atoms with Gasteiger partial charge < -0.3 is 10.8 Å². The second kappa shape index (κ2) is 5.61. The van der Waals surface area contributed by atoms with E-state index in [2.05, 4.69) is 20.8 Å². The number of nitrogens with two attached hydrogens (primary N) is 1. The van der Waals surface area contributed by atoms with Crippen LogP contribution in [0.2, 0.25) is 0 Å². The first-order valence-corrected chi connectivity index (χ1v) is 5.47. The lowest BCUT2D eigenvalue weighted by atomic mass is 9.76. The van der Waals surface area contributed by atoms with Gasteiger partial charge in [-0.25, -0.2) is 0 Å². The number of hydrogen-bond donors (Lipinski definition) is 2. The fourth-order valence-corrected chi connectivity index (χ4v) is 2.05. The highest BCUT2D eigenvalue weighted by Crippen LogP contribution is 2.29. The van der Waals surface area contributed by atoms with Gasteiger partial charge in [-0.3, -0.25) is 0 Å². The Morgan fingerprint density at radius 3 is 1.92 bits per heavy atom. The van der Waals surface area contributed by atoms with Gasteiger partial charge in [-0.15, -0.1) is 0 Å². The molecule has 0 aliphatic rings. The minimum Gasteiger partial charge on any atom is -0.393 e. The van der Waals surface area contributed by atoms with Gasteiger partial charge in [-0.05, 0) is 32.1 Å². The van der Waals surface area contributed by atoms with Crippen LogP contribution in [0.15, 0.2) is 0 Å². The zero-order chi connectivity index (χ0) is 10.5. The molecule has 0 saturated carbocycles. The van der Waals surface area contributed by atoms with Gasteiger partial charge >= 0.3 is 0 Å². The van der Waals surface area contributed by atoms with Crippen LogP contribution in [0.3, 0.4) is 0 Å². The normalized spacial score (nSPS) is 17.1. The lowest BCUT2D eigenvalue weighted by Gasteiger charge is -2.36. The van der Waals surface area contributed by atoms with Gasteiger partial charge in [-0.2, -0.15) is 0 Å². The van der Waals surface area contributed by atoms with E-state index in [1.165, 1.54) is 0 Å². The first kappa shape index (κ1) is 12.9. The molecule has 0 fully saturated rings. The van der Waals surface area contributed by atoms with Crippen LogP contribution in [-0.2, 0) is 0 Å². The molecule has 0 aromatic carbocycles. The Morgan fingerprint density at radius 2 is 1.69 bits per heavy atom. The number of rotatable bonds is 6. The molecule has 2 atom stereocenters. The van der Waals surface area contributed by atoms with Crippen LogP contribution in [0.25, 0.3) is 0 Å². The summed E-state index contributed by atoms with van der Waals surface area (Å²) in [6.45, 7) is 8.26. The molecule has 0 aliphatic carbocycles. The molecule has 0 rings (SSSR count). The molecule has 2 nitrogen and oxygen atoms in total. The predicted octanol–water partition coefficient (Wildman–Crippen LogP) is 2.30. The van der Waals surface area contributed by atoms with Crippen molar-refractivity contribution in [1.82, 2.24) is 0 Å². The summed E-state index contributed by atoms with van der Waals surface area (Å²) >= 11 is 0. The van der Waals surface area contributed by atoms with Crippen molar-refractivity contribution in [3.05, 3.63) is 0 Å². The number of hydrogen-bond acceptors (Lipinski definition) is 2.